The Morgan fingerprint density at radius 1 is 1.27 bits per heavy atom. The van der Waals surface area contributed by atoms with Gasteiger partial charge in [-0.15, -0.1) is 11.8 Å². The molecule has 3 aromatic rings. The molecule has 0 saturated heterocycles. The number of hydrogen-bond acceptors (Lipinski definition) is 5. The van der Waals surface area contributed by atoms with Crippen molar-refractivity contribution in [2.75, 3.05) is 11.1 Å². The number of nitrogens with one attached hydrogen (secondary N) is 1. The molecule has 0 radical (unpaired) electrons. The molecule has 0 saturated carbocycles. The molecule has 1 aliphatic rings. The number of carboxylic acid groups (broad SMARTS) is 1. The molecule has 1 aromatic carbocycles. The molecule has 0 bridgehead atoms. The van der Waals surface area contributed by atoms with Crippen LogP contribution in [0, 0.1) is 0 Å². The maximum atomic E-state index is 12.2. The van der Waals surface area contributed by atoms with Crippen LogP contribution in [0.4, 0.5) is 5.82 Å². The van der Waals surface area contributed by atoms with E-state index in [0.29, 0.717) is 17.3 Å². The lowest BCUT2D eigenvalue weighted by molar-refractivity contribution is -0.113. The first kappa shape index (κ1) is 16.4. The molecule has 0 unspecified atom stereocenters. The summed E-state index contributed by atoms with van der Waals surface area (Å²) in [6, 6.07) is 6.36. The summed E-state index contributed by atoms with van der Waals surface area (Å²) in [4.78, 5) is 23.2. The van der Waals surface area contributed by atoms with Gasteiger partial charge < -0.3 is 10.4 Å². The van der Waals surface area contributed by atoms with Gasteiger partial charge in [0, 0.05) is 24.4 Å². The SMILES string of the molecule is Cn1cc([C@H]2SCC(=O)Nc3c2cnn3-c2ccc(C(=O)O)cc2)cn1. The van der Waals surface area contributed by atoms with E-state index in [-0.39, 0.29) is 16.7 Å². The second-order valence-corrected chi connectivity index (χ2v) is 6.99. The molecule has 1 amide bonds. The van der Waals surface area contributed by atoms with Gasteiger partial charge in [0.05, 0.1) is 34.6 Å². The average molecular weight is 369 g/mol. The van der Waals surface area contributed by atoms with Crippen LogP contribution >= 0.6 is 11.8 Å². The Balaban J connectivity index is 1.78. The Kier molecular flexibility index (Phi) is 4.00. The van der Waals surface area contributed by atoms with Gasteiger partial charge >= 0.3 is 5.97 Å². The van der Waals surface area contributed by atoms with E-state index in [0.717, 1.165) is 11.1 Å². The van der Waals surface area contributed by atoms with Gasteiger partial charge in [0.1, 0.15) is 5.82 Å². The quantitative estimate of drug-likeness (QED) is 0.733. The predicted molar refractivity (Wildman–Crippen MR) is 96.7 cm³/mol. The number of amides is 1. The zero-order valence-electron chi connectivity index (χ0n) is 13.8. The molecule has 8 nitrogen and oxygen atoms in total. The molecule has 2 aromatic heterocycles. The number of aryl methyl sites for hydroxylation is 1. The minimum atomic E-state index is -0.989. The van der Waals surface area contributed by atoms with Gasteiger partial charge in [0.2, 0.25) is 5.91 Å². The molecule has 2 N–H and O–H groups in total. The van der Waals surface area contributed by atoms with Crippen molar-refractivity contribution in [2.24, 2.45) is 7.05 Å². The molecule has 26 heavy (non-hydrogen) atoms. The fourth-order valence-electron chi connectivity index (χ4n) is 2.89. The predicted octanol–water partition coefficient (Wildman–Crippen LogP) is 2.08. The second kappa shape index (κ2) is 6.34. The highest BCUT2D eigenvalue weighted by atomic mass is 32.2. The lowest BCUT2D eigenvalue weighted by Gasteiger charge is -2.12. The largest absolute Gasteiger partial charge is 0.478 e. The number of carbonyl (C=O) groups is 2. The molecular formula is C17H15N5O3S. The number of thioether (sulfide) groups is 1. The van der Waals surface area contributed by atoms with E-state index in [9.17, 15) is 9.59 Å². The van der Waals surface area contributed by atoms with Gasteiger partial charge in [0.25, 0.3) is 0 Å². The smallest absolute Gasteiger partial charge is 0.335 e. The minimum absolute atomic E-state index is 0.0651. The van der Waals surface area contributed by atoms with Gasteiger partial charge in [-0.2, -0.15) is 10.2 Å². The number of anilines is 1. The normalized spacial score (nSPS) is 16.7. The van der Waals surface area contributed by atoms with Crippen LogP contribution in [-0.4, -0.2) is 42.3 Å². The number of nitrogens with zero attached hydrogens (tertiary/aromatic N) is 4. The molecule has 4 rings (SSSR count). The third-order valence-electron chi connectivity index (χ3n) is 4.11. The zero-order chi connectivity index (χ0) is 18.3. The first-order valence-electron chi connectivity index (χ1n) is 7.84. The van der Waals surface area contributed by atoms with Gasteiger partial charge in [-0.3, -0.25) is 9.48 Å². The number of rotatable bonds is 3. The standard InChI is InChI=1S/C17H15N5O3S/c1-21-8-11(6-18-21)15-13-7-19-22(16(13)20-14(23)9-26-15)12-4-2-10(3-5-12)17(24)25/h2-8,15H,9H2,1H3,(H,20,23)(H,24,25)/t15-/m1/s1. The fourth-order valence-corrected chi connectivity index (χ4v) is 3.94. The van der Waals surface area contributed by atoms with E-state index in [2.05, 4.69) is 15.5 Å². The summed E-state index contributed by atoms with van der Waals surface area (Å²) in [6.45, 7) is 0. The molecule has 9 heteroatoms. The number of benzene rings is 1. The summed E-state index contributed by atoms with van der Waals surface area (Å²) < 4.78 is 3.35. The van der Waals surface area contributed by atoms with E-state index in [1.165, 1.54) is 23.9 Å². The van der Waals surface area contributed by atoms with Crippen LogP contribution in [-0.2, 0) is 11.8 Å². The highest BCUT2D eigenvalue weighted by molar-refractivity contribution is 8.00. The van der Waals surface area contributed by atoms with Crippen LogP contribution in [0.1, 0.15) is 26.7 Å². The van der Waals surface area contributed by atoms with Crippen molar-refractivity contribution < 1.29 is 14.7 Å². The van der Waals surface area contributed by atoms with Crippen molar-refractivity contribution in [1.82, 2.24) is 19.6 Å². The first-order valence-corrected chi connectivity index (χ1v) is 8.89. The summed E-state index contributed by atoms with van der Waals surface area (Å²) in [5, 5.41) is 20.5. The molecule has 0 spiro atoms. The molecule has 1 aliphatic heterocycles. The average Bonchev–Trinajstić information content (AvgIpc) is 3.19. The van der Waals surface area contributed by atoms with Gasteiger partial charge in [0.15, 0.2) is 0 Å². The fraction of sp³-hybridized carbons (Fsp3) is 0.176. The Labute approximate surface area is 152 Å². The summed E-state index contributed by atoms with van der Waals surface area (Å²) in [6.07, 6.45) is 5.45. The van der Waals surface area contributed by atoms with Crippen LogP contribution in [0.2, 0.25) is 0 Å². The van der Waals surface area contributed by atoms with Gasteiger partial charge in [-0.1, -0.05) is 0 Å². The number of carboxylic acids is 1. The van der Waals surface area contributed by atoms with Gasteiger partial charge in [-0.25, -0.2) is 9.48 Å². The topological polar surface area (TPSA) is 102 Å². The van der Waals surface area contributed by atoms with E-state index in [1.54, 1.807) is 33.9 Å². The van der Waals surface area contributed by atoms with Gasteiger partial charge in [-0.05, 0) is 24.3 Å². The third kappa shape index (κ3) is 2.86. The maximum Gasteiger partial charge on any atom is 0.335 e. The molecular weight excluding hydrogens is 354 g/mol. The summed E-state index contributed by atoms with van der Waals surface area (Å²) in [5.41, 5.74) is 2.75. The van der Waals surface area contributed by atoms with E-state index in [4.69, 9.17) is 5.11 Å². The molecule has 132 valence electrons. The second-order valence-electron chi connectivity index (χ2n) is 5.90. The van der Waals surface area contributed by atoms with E-state index < -0.39 is 5.97 Å². The third-order valence-corrected chi connectivity index (χ3v) is 5.39. The Bertz CT molecular complexity index is 992. The number of hydrogen-bond donors (Lipinski definition) is 2. The monoisotopic (exact) mass is 369 g/mol. The molecule has 0 fully saturated rings. The van der Waals surface area contributed by atoms with Crippen LogP contribution in [0.15, 0.2) is 42.9 Å². The lowest BCUT2D eigenvalue weighted by Crippen LogP contribution is -2.15. The highest BCUT2D eigenvalue weighted by Gasteiger charge is 2.28. The number of aromatic nitrogens is 4. The van der Waals surface area contributed by atoms with Crippen LogP contribution in [0.5, 0.6) is 0 Å². The molecule has 3 heterocycles. The number of carbonyl (C=O) groups excluding carboxylic acids is 1. The Morgan fingerprint density at radius 2 is 2.04 bits per heavy atom. The van der Waals surface area contributed by atoms with E-state index in [1.807, 2.05) is 13.2 Å². The highest BCUT2D eigenvalue weighted by Crippen LogP contribution is 2.41. The van der Waals surface area contributed by atoms with Crippen LogP contribution in [0.3, 0.4) is 0 Å². The summed E-state index contributed by atoms with van der Waals surface area (Å²) in [7, 11) is 1.85. The lowest BCUT2D eigenvalue weighted by atomic mass is 10.1. The Hall–Kier alpha value is -3.07. The molecule has 0 aliphatic carbocycles. The number of aromatic carboxylic acids is 1. The van der Waals surface area contributed by atoms with Crippen LogP contribution in [0.25, 0.3) is 5.69 Å². The number of fused-ring (bicyclic) bond motifs is 1. The van der Waals surface area contributed by atoms with Crippen molar-refractivity contribution in [2.45, 2.75) is 5.25 Å². The van der Waals surface area contributed by atoms with E-state index >= 15 is 0 Å². The van der Waals surface area contributed by atoms with Crippen LogP contribution < -0.4 is 5.32 Å². The van der Waals surface area contributed by atoms with Crippen molar-refractivity contribution in [3.05, 3.63) is 59.5 Å². The van der Waals surface area contributed by atoms with Crippen molar-refractivity contribution in [3.63, 3.8) is 0 Å². The Morgan fingerprint density at radius 3 is 2.69 bits per heavy atom. The van der Waals surface area contributed by atoms with Crippen molar-refractivity contribution in [1.29, 1.82) is 0 Å². The summed E-state index contributed by atoms with van der Waals surface area (Å²) >= 11 is 1.52. The van der Waals surface area contributed by atoms with Crippen molar-refractivity contribution >= 4 is 29.5 Å². The zero-order valence-corrected chi connectivity index (χ0v) is 14.6. The first-order chi connectivity index (χ1) is 12.5. The summed E-state index contributed by atoms with van der Waals surface area (Å²) in [5.74, 6) is -0.174. The molecule has 1 atom stereocenters. The van der Waals surface area contributed by atoms with Crippen molar-refractivity contribution in [3.8, 4) is 5.69 Å². The maximum absolute atomic E-state index is 12.2. The minimum Gasteiger partial charge on any atom is -0.478 e.